The molecule has 2 amide bonds. The number of hydrogen-bond donors (Lipinski definition) is 2. The number of amides is 2. The molecule has 0 atom stereocenters. The Bertz CT molecular complexity index is 852. The van der Waals surface area contributed by atoms with Crippen LogP contribution in [0, 0.1) is 0 Å². The minimum absolute atomic E-state index is 0.0181. The van der Waals surface area contributed by atoms with Gasteiger partial charge in [0.05, 0.1) is 32.7 Å². The molecule has 1 fully saturated rings. The van der Waals surface area contributed by atoms with E-state index in [0.717, 1.165) is 24.4 Å². The zero-order valence-electron chi connectivity index (χ0n) is 18.8. The molecule has 6 heteroatoms. The summed E-state index contributed by atoms with van der Waals surface area (Å²) in [6, 6.07) is 17.5. The first kappa shape index (κ1) is 22.8. The molecule has 0 bridgehead atoms. The van der Waals surface area contributed by atoms with Gasteiger partial charge in [0, 0.05) is 5.56 Å². The zero-order valence-corrected chi connectivity index (χ0v) is 18.8. The molecule has 2 aromatic rings. The summed E-state index contributed by atoms with van der Waals surface area (Å²) < 4.78 is 5.73. The van der Waals surface area contributed by atoms with Gasteiger partial charge in [-0.1, -0.05) is 51.1 Å². The van der Waals surface area contributed by atoms with E-state index >= 15 is 0 Å². The molecule has 31 heavy (non-hydrogen) atoms. The first-order chi connectivity index (χ1) is 14.8. The Hall–Kier alpha value is -2.86. The van der Waals surface area contributed by atoms with E-state index < -0.39 is 0 Å². The van der Waals surface area contributed by atoms with E-state index in [1.807, 2.05) is 47.4 Å². The summed E-state index contributed by atoms with van der Waals surface area (Å²) >= 11 is 0. The van der Waals surface area contributed by atoms with Crippen LogP contribution in [0.1, 0.15) is 36.7 Å². The van der Waals surface area contributed by atoms with Gasteiger partial charge in [0.2, 0.25) is 0 Å². The molecule has 1 aliphatic heterocycles. The molecule has 1 saturated heterocycles. The van der Waals surface area contributed by atoms with E-state index in [2.05, 4.69) is 38.2 Å². The second-order valence-electron chi connectivity index (χ2n) is 9.06. The number of nitrogens with one attached hydrogen (secondary N) is 2. The molecule has 6 nitrogen and oxygen atoms in total. The highest BCUT2D eigenvalue weighted by molar-refractivity contribution is 5.94. The fourth-order valence-corrected chi connectivity index (χ4v) is 3.67. The minimum Gasteiger partial charge on any atom is -0.492 e. The smallest absolute Gasteiger partial charge is 0.275 e. The lowest BCUT2D eigenvalue weighted by atomic mass is 9.87. The van der Waals surface area contributed by atoms with Crippen LogP contribution >= 0.6 is 0 Å². The average Bonchev–Trinajstić information content (AvgIpc) is 2.77. The molecule has 0 saturated carbocycles. The number of carbonyl (C=O) groups is 2. The van der Waals surface area contributed by atoms with Crippen molar-refractivity contribution in [1.29, 1.82) is 0 Å². The van der Waals surface area contributed by atoms with Gasteiger partial charge in [0.25, 0.3) is 11.8 Å². The monoisotopic (exact) mass is 424 g/mol. The molecule has 0 spiro atoms. The van der Waals surface area contributed by atoms with Crippen LogP contribution < -0.4 is 15.0 Å². The molecule has 2 aromatic carbocycles. The SMILES string of the molecule is CC(C)(C)c1ccc(OCCNC(=O)C[NH+]2CCN(C(=O)c3ccccc3)CC2)cc1. The molecule has 0 unspecified atom stereocenters. The van der Waals surface area contributed by atoms with E-state index in [-0.39, 0.29) is 17.2 Å². The number of quaternary nitrogens is 1. The fourth-order valence-electron chi connectivity index (χ4n) is 3.67. The highest BCUT2D eigenvalue weighted by atomic mass is 16.5. The lowest BCUT2D eigenvalue weighted by molar-refractivity contribution is -0.896. The van der Waals surface area contributed by atoms with Crippen molar-refractivity contribution < 1.29 is 19.2 Å². The summed E-state index contributed by atoms with van der Waals surface area (Å²) in [6.45, 7) is 10.8. The number of nitrogens with zero attached hydrogens (tertiary/aromatic N) is 1. The average molecular weight is 425 g/mol. The van der Waals surface area contributed by atoms with Crippen molar-refractivity contribution in [3.8, 4) is 5.75 Å². The van der Waals surface area contributed by atoms with Crippen LogP contribution in [0.15, 0.2) is 54.6 Å². The van der Waals surface area contributed by atoms with Crippen molar-refractivity contribution >= 4 is 11.8 Å². The fraction of sp³-hybridized carbons (Fsp3) is 0.440. The van der Waals surface area contributed by atoms with E-state index in [1.54, 1.807) is 0 Å². The maximum atomic E-state index is 12.5. The summed E-state index contributed by atoms with van der Waals surface area (Å²) in [5.74, 6) is 0.897. The van der Waals surface area contributed by atoms with E-state index in [1.165, 1.54) is 10.5 Å². The van der Waals surface area contributed by atoms with E-state index in [4.69, 9.17) is 4.74 Å². The standard InChI is InChI=1S/C25H33N3O3/c1-25(2,3)21-9-11-22(12-10-21)31-18-13-26-23(29)19-27-14-16-28(17-15-27)24(30)20-7-5-4-6-8-20/h4-12H,13-19H2,1-3H3,(H,26,29)/p+1. The Kier molecular flexibility index (Phi) is 7.69. The molecule has 0 aliphatic carbocycles. The Labute approximate surface area is 185 Å². The van der Waals surface area contributed by atoms with Gasteiger partial charge in [-0.05, 0) is 35.2 Å². The number of carbonyl (C=O) groups excluding carboxylic acids is 2. The molecular formula is C25H34N3O3+. The Morgan fingerprint density at radius 3 is 2.26 bits per heavy atom. The highest BCUT2D eigenvalue weighted by Gasteiger charge is 2.25. The van der Waals surface area contributed by atoms with Crippen molar-refractivity contribution in [2.24, 2.45) is 0 Å². The lowest BCUT2D eigenvalue weighted by Gasteiger charge is -2.32. The maximum Gasteiger partial charge on any atom is 0.275 e. The van der Waals surface area contributed by atoms with Crippen molar-refractivity contribution in [3.05, 3.63) is 65.7 Å². The molecule has 0 radical (unpaired) electrons. The van der Waals surface area contributed by atoms with Crippen LogP contribution in [0.5, 0.6) is 5.75 Å². The number of hydrogen-bond acceptors (Lipinski definition) is 3. The van der Waals surface area contributed by atoms with Gasteiger partial charge in [0.15, 0.2) is 6.54 Å². The molecule has 0 aromatic heterocycles. The Morgan fingerprint density at radius 1 is 1.00 bits per heavy atom. The van der Waals surface area contributed by atoms with Crippen LogP contribution in [0.25, 0.3) is 0 Å². The highest BCUT2D eigenvalue weighted by Crippen LogP contribution is 2.24. The minimum atomic E-state index is 0.0181. The van der Waals surface area contributed by atoms with Crippen molar-refractivity contribution in [1.82, 2.24) is 10.2 Å². The van der Waals surface area contributed by atoms with Crippen molar-refractivity contribution in [2.45, 2.75) is 26.2 Å². The second-order valence-corrected chi connectivity index (χ2v) is 9.06. The number of piperazine rings is 1. The molecule has 1 heterocycles. The topological polar surface area (TPSA) is 63.1 Å². The molecule has 166 valence electrons. The predicted octanol–water partition coefficient (Wildman–Crippen LogP) is 1.52. The van der Waals surface area contributed by atoms with Gasteiger partial charge in [-0.2, -0.15) is 0 Å². The van der Waals surface area contributed by atoms with Crippen molar-refractivity contribution in [3.63, 3.8) is 0 Å². The summed E-state index contributed by atoms with van der Waals surface area (Å²) in [5.41, 5.74) is 2.10. The molecule has 1 aliphatic rings. The predicted molar refractivity (Wildman–Crippen MR) is 122 cm³/mol. The van der Waals surface area contributed by atoms with Crippen LogP contribution in [0.2, 0.25) is 0 Å². The van der Waals surface area contributed by atoms with Gasteiger partial charge in [-0.3, -0.25) is 9.59 Å². The summed E-state index contributed by atoms with van der Waals surface area (Å²) in [6.07, 6.45) is 0. The quantitative estimate of drug-likeness (QED) is 0.663. The van der Waals surface area contributed by atoms with Crippen LogP contribution in [-0.2, 0) is 10.2 Å². The maximum absolute atomic E-state index is 12.5. The normalized spacial score (nSPS) is 14.9. The summed E-state index contributed by atoms with van der Waals surface area (Å²) in [7, 11) is 0. The van der Waals surface area contributed by atoms with Gasteiger partial charge in [-0.15, -0.1) is 0 Å². The van der Waals surface area contributed by atoms with Crippen LogP contribution in [-0.4, -0.2) is 62.6 Å². The third-order valence-electron chi connectivity index (χ3n) is 5.60. The number of benzene rings is 2. The zero-order chi connectivity index (χ0) is 22.3. The van der Waals surface area contributed by atoms with Gasteiger partial charge in [0.1, 0.15) is 12.4 Å². The number of rotatable bonds is 7. The molecular weight excluding hydrogens is 390 g/mol. The van der Waals surface area contributed by atoms with Gasteiger partial charge < -0.3 is 19.9 Å². The Morgan fingerprint density at radius 2 is 1.65 bits per heavy atom. The van der Waals surface area contributed by atoms with E-state index in [0.29, 0.717) is 32.8 Å². The first-order valence-electron chi connectivity index (χ1n) is 11.0. The molecule has 3 rings (SSSR count). The first-order valence-corrected chi connectivity index (χ1v) is 11.0. The second kappa shape index (κ2) is 10.4. The summed E-state index contributed by atoms with van der Waals surface area (Å²) in [5, 5.41) is 2.93. The Balaban J connectivity index is 1.32. The lowest BCUT2D eigenvalue weighted by Crippen LogP contribution is -3.15. The molecule has 2 N–H and O–H groups in total. The van der Waals surface area contributed by atoms with Crippen LogP contribution in [0.4, 0.5) is 0 Å². The van der Waals surface area contributed by atoms with Gasteiger partial charge >= 0.3 is 0 Å². The number of ether oxygens (including phenoxy) is 1. The van der Waals surface area contributed by atoms with Crippen LogP contribution in [0.3, 0.4) is 0 Å². The van der Waals surface area contributed by atoms with Crippen molar-refractivity contribution in [2.75, 3.05) is 45.9 Å². The third kappa shape index (κ3) is 6.82. The van der Waals surface area contributed by atoms with Gasteiger partial charge in [-0.25, -0.2) is 0 Å². The summed E-state index contributed by atoms with van der Waals surface area (Å²) in [4.78, 5) is 27.8. The van der Waals surface area contributed by atoms with E-state index in [9.17, 15) is 9.59 Å². The largest absolute Gasteiger partial charge is 0.492 e. The third-order valence-corrected chi connectivity index (χ3v) is 5.60.